The fraction of sp³-hybridized carbons (Fsp3) is 0.118. The molecule has 3 aromatic rings. The number of aromatic nitrogens is 3. The molecule has 0 radical (unpaired) electrons. The van der Waals surface area contributed by atoms with E-state index in [9.17, 15) is 0 Å². The lowest BCUT2D eigenvalue weighted by Gasteiger charge is -2.09. The molecule has 0 aliphatic carbocycles. The highest BCUT2D eigenvalue weighted by atomic mass is 15.0. The van der Waals surface area contributed by atoms with Crippen molar-refractivity contribution in [1.82, 2.24) is 15.0 Å². The van der Waals surface area contributed by atoms with Crippen molar-refractivity contribution in [3.8, 4) is 11.3 Å². The molecule has 0 saturated carbocycles. The number of nitrogens with one attached hydrogen (secondary N) is 1. The van der Waals surface area contributed by atoms with Crippen molar-refractivity contribution in [2.24, 2.45) is 0 Å². The normalized spacial score (nSPS) is 10.4. The zero-order valence-corrected chi connectivity index (χ0v) is 12.0. The van der Waals surface area contributed by atoms with Crippen LogP contribution in [0.25, 0.3) is 11.3 Å². The quantitative estimate of drug-likeness (QED) is 0.788. The molecule has 0 amide bonds. The molecule has 0 spiro atoms. The second kappa shape index (κ2) is 5.71. The van der Waals surface area contributed by atoms with Crippen LogP contribution >= 0.6 is 0 Å². The van der Waals surface area contributed by atoms with Crippen LogP contribution in [0.4, 0.5) is 11.5 Å². The summed E-state index contributed by atoms with van der Waals surface area (Å²) in [4.78, 5) is 13.0. The average Bonchev–Trinajstić information content (AvgIpc) is 2.47. The van der Waals surface area contributed by atoms with Gasteiger partial charge in [-0.2, -0.15) is 0 Å². The number of pyridine rings is 1. The number of nitrogens with zero attached hydrogens (tertiary/aromatic N) is 3. The summed E-state index contributed by atoms with van der Waals surface area (Å²) in [6.45, 7) is 3.96. The molecule has 4 nitrogen and oxygen atoms in total. The van der Waals surface area contributed by atoms with Crippen LogP contribution in [-0.2, 0) is 0 Å². The number of hydrogen-bond acceptors (Lipinski definition) is 4. The van der Waals surface area contributed by atoms with Gasteiger partial charge in [-0.1, -0.05) is 12.1 Å². The van der Waals surface area contributed by atoms with Gasteiger partial charge in [-0.15, -0.1) is 0 Å². The molecule has 1 N–H and O–H groups in total. The molecule has 0 aliphatic heterocycles. The van der Waals surface area contributed by atoms with Gasteiger partial charge in [0.2, 0.25) is 0 Å². The molecule has 21 heavy (non-hydrogen) atoms. The van der Waals surface area contributed by atoms with E-state index in [1.54, 1.807) is 12.4 Å². The van der Waals surface area contributed by atoms with Crippen LogP contribution in [0.1, 0.15) is 11.4 Å². The maximum absolute atomic E-state index is 4.48. The van der Waals surface area contributed by atoms with E-state index in [1.165, 1.54) is 5.56 Å². The molecule has 1 aromatic carbocycles. The van der Waals surface area contributed by atoms with Gasteiger partial charge in [-0.3, -0.25) is 4.98 Å². The van der Waals surface area contributed by atoms with Crippen LogP contribution in [-0.4, -0.2) is 15.0 Å². The summed E-state index contributed by atoms with van der Waals surface area (Å²) in [5, 5.41) is 3.33. The van der Waals surface area contributed by atoms with Gasteiger partial charge >= 0.3 is 0 Å². The molecule has 0 unspecified atom stereocenters. The van der Waals surface area contributed by atoms with Gasteiger partial charge in [0.15, 0.2) is 0 Å². The lowest BCUT2D eigenvalue weighted by molar-refractivity contribution is 1.06. The zero-order chi connectivity index (χ0) is 14.7. The molecule has 0 atom stereocenters. The fourth-order valence-corrected chi connectivity index (χ4v) is 2.17. The summed E-state index contributed by atoms with van der Waals surface area (Å²) >= 11 is 0. The van der Waals surface area contributed by atoms with E-state index in [0.29, 0.717) is 0 Å². The molecule has 3 rings (SSSR count). The Balaban J connectivity index is 1.95. The molecule has 0 fully saturated rings. The Morgan fingerprint density at radius 3 is 2.48 bits per heavy atom. The Labute approximate surface area is 123 Å². The van der Waals surface area contributed by atoms with E-state index in [0.717, 1.165) is 28.6 Å². The van der Waals surface area contributed by atoms with Crippen molar-refractivity contribution in [1.29, 1.82) is 0 Å². The lowest BCUT2D eigenvalue weighted by Crippen LogP contribution is -1.99. The molecule has 2 aromatic heterocycles. The third-order valence-electron chi connectivity index (χ3n) is 3.10. The maximum Gasteiger partial charge on any atom is 0.134 e. The summed E-state index contributed by atoms with van der Waals surface area (Å²) in [5.41, 5.74) is 4.15. The largest absolute Gasteiger partial charge is 0.340 e. The van der Waals surface area contributed by atoms with Crippen LogP contribution in [0.3, 0.4) is 0 Å². The van der Waals surface area contributed by atoms with E-state index in [-0.39, 0.29) is 0 Å². The van der Waals surface area contributed by atoms with Crippen LogP contribution in [0.2, 0.25) is 0 Å². The smallest absolute Gasteiger partial charge is 0.134 e. The van der Waals surface area contributed by atoms with Gasteiger partial charge < -0.3 is 5.32 Å². The summed E-state index contributed by atoms with van der Waals surface area (Å²) in [6.07, 6.45) is 3.53. The minimum absolute atomic E-state index is 0.736. The monoisotopic (exact) mass is 276 g/mol. The number of benzene rings is 1. The van der Waals surface area contributed by atoms with Crippen molar-refractivity contribution in [2.45, 2.75) is 13.8 Å². The van der Waals surface area contributed by atoms with Crippen LogP contribution < -0.4 is 5.32 Å². The Morgan fingerprint density at radius 2 is 1.71 bits per heavy atom. The van der Waals surface area contributed by atoms with Crippen molar-refractivity contribution < 1.29 is 0 Å². The van der Waals surface area contributed by atoms with E-state index < -0.39 is 0 Å². The minimum Gasteiger partial charge on any atom is -0.340 e. The first-order valence-electron chi connectivity index (χ1n) is 6.80. The van der Waals surface area contributed by atoms with Crippen LogP contribution in [0, 0.1) is 13.8 Å². The Bertz CT molecular complexity index is 754. The Hall–Kier alpha value is -2.75. The average molecular weight is 276 g/mol. The first kappa shape index (κ1) is 13.2. The van der Waals surface area contributed by atoms with E-state index in [2.05, 4.69) is 39.3 Å². The van der Waals surface area contributed by atoms with Crippen molar-refractivity contribution >= 4 is 11.5 Å². The highest BCUT2D eigenvalue weighted by molar-refractivity contribution is 5.65. The predicted octanol–water partition coefficient (Wildman–Crippen LogP) is 3.90. The minimum atomic E-state index is 0.736. The summed E-state index contributed by atoms with van der Waals surface area (Å²) in [6, 6.07) is 14.0. The van der Waals surface area contributed by atoms with Gasteiger partial charge in [0.1, 0.15) is 11.6 Å². The third kappa shape index (κ3) is 3.23. The molecular formula is C17H16N4. The zero-order valence-electron chi connectivity index (χ0n) is 12.0. The highest BCUT2D eigenvalue weighted by Gasteiger charge is 2.05. The molecule has 104 valence electrons. The van der Waals surface area contributed by atoms with E-state index in [4.69, 9.17) is 0 Å². The highest BCUT2D eigenvalue weighted by Crippen LogP contribution is 2.21. The first-order chi connectivity index (χ1) is 10.2. The van der Waals surface area contributed by atoms with E-state index >= 15 is 0 Å². The standard InChI is InChI=1S/C17H16N4/c1-12-4-3-5-15(10-12)21-17-11-16(19-13(2)20-17)14-6-8-18-9-7-14/h3-11H,1-2H3,(H,19,20,21). The van der Waals surface area contributed by atoms with Gasteiger partial charge in [-0.25, -0.2) is 9.97 Å². The summed E-state index contributed by atoms with van der Waals surface area (Å²) in [5.74, 6) is 1.53. The van der Waals surface area contributed by atoms with E-state index in [1.807, 2.05) is 37.3 Å². The van der Waals surface area contributed by atoms with Crippen molar-refractivity contribution in [3.63, 3.8) is 0 Å². The Morgan fingerprint density at radius 1 is 0.905 bits per heavy atom. The molecule has 0 saturated heterocycles. The number of anilines is 2. The summed E-state index contributed by atoms with van der Waals surface area (Å²) in [7, 11) is 0. The topological polar surface area (TPSA) is 50.7 Å². The molecule has 4 heteroatoms. The SMILES string of the molecule is Cc1cccc(Nc2cc(-c3ccncc3)nc(C)n2)c1. The molecule has 0 bridgehead atoms. The van der Waals surface area contributed by atoms with Crippen molar-refractivity contribution in [3.05, 3.63) is 66.2 Å². The molecule has 2 heterocycles. The van der Waals surface area contributed by atoms with Crippen molar-refractivity contribution in [2.75, 3.05) is 5.32 Å². The van der Waals surface area contributed by atoms with Gasteiger partial charge in [0, 0.05) is 29.7 Å². The van der Waals surface area contributed by atoms with Gasteiger partial charge in [-0.05, 0) is 43.7 Å². The number of hydrogen-bond donors (Lipinski definition) is 1. The van der Waals surface area contributed by atoms with Crippen LogP contribution in [0.5, 0.6) is 0 Å². The second-order valence-corrected chi connectivity index (χ2v) is 4.92. The third-order valence-corrected chi connectivity index (χ3v) is 3.10. The van der Waals surface area contributed by atoms with Gasteiger partial charge in [0.05, 0.1) is 5.69 Å². The summed E-state index contributed by atoms with van der Waals surface area (Å²) < 4.78 is 0. The second-order valence-electron chi connectivity index (χ2n) is 4.92. The molecular weight excluding hydrogens is 260 g/mol. The fourth-order valence-electron chi connectivity index (χ4n) is 2.17. The predicted molar refractivity (Wildman–Crippen MR) is 84.5 cm³/mol. The lowest BCUT2D eigenvalue weighted by atomic mass is 10.2. The first-order valence-corrected chi connectivity index (χ1v) is 6.80. The maximum atomic E-state index is 4.48. The number of aryl methyl sites for hydroxylation is 2. The Kier molecular flexibility index (Phi) is 3.60. The molecule has 0 aliphatic rings. The van der Waals surface area contributed by atoms with Crippen LogP contribution in [0.15, 0.2) is 54.9 Å². The number of rotatable bonds is 3. The van der Waals surface area contributed by atoms with Gasteiger partial charge in [0.25, 0.3) is 0 Å².